The van der Waals surface area contributed by atoms with Crippen LogP contribution in [0.25, 0.3) is 0 Å². The predicted molar refractivity (Wildman–Crippen MR) is 77.8 cm³/mol. The summed E-state index contributed by atoms with van der Waals surface area (Å²) in [5.74, 6) is 0.295. The van der Waals surface area contributed by atoms with Crippen molar-refractivity contribution in [2.75, 3.05) is 26.1 Å². The zero-order valence-corrected chi connectivity index (χ0v) is 13.7. The first kappa shape index (κ1) is 16.4. The van der Waals surface area contributed by atoms with Crippen LogP contribution in [0.3, 0.4) is 0 Å². The molecule has 0 aliphatic rings. The summed E-state index contributed by atoms with van der Waals surface area (Å²) >= 11 is 3.22. The largest absolute Gasteiger partial charge is 0.383 e. The van der Waals surface area contributed by atoms with Gasteiger partial charge in [0, 0.05) is 24.8 Å². The van der Waals surface area contributed by atoms with Gasteiger partial charge < -0.3 is 10.1 Å². The van der Waals surface area contributed by atoms with E-state index in [4.69, 9.17) is 4.74 Å². The molecular formula is C11H18BrN3O3S. The van der Waals surface area contributed by atoms with Crippen molar-refractivity contribution < 1.29 is 13.2 Å². The van der Waals surface area contributed by atoms with E-state index in [0.717, 1.165) is 0 Å². The third-order valence-corrected chi connectivity index (χ3v) is 4.41. The van der Waals surface area contributed by atoms with Gasteiger partial charge in [0.05, 0.1) is 12.1 Å². The van der Waals surface area contributed by atoms with Gasteiger partial charge in [-0.2, -0.15) is 0 Å². The predicted octanol–water partition coefficient (Wildman–Crippen LogP) is 1.59. The summed E-state index contributed by atoms with van der Waals surface area (Å²) in [6.07, 6.45) is 1.53. The molecule has 0 fully saturated rings. The Morgan fingerprint density at radius 3 is 2.63 bits per heavy atom. The van der Waals surface area contributed by atoms with Crippen molar-refractivity contribution >= 4 is 31.8 Å². The number of anilines is 1. The molecule has 0 aliphatic carbocycles. The molecule has 6 nitrogen and oxygen atoms in total. The summed E-state index contributed by atoms with van der Waals surface area (Å²) in [5, 5.41) is 2.76. The molecule has 0 saturated heterocycles. The van der Waals surface area contributed by atoms with E-state index in [1.54, 1.807) is 20.9 Å². The van der Waals surface area contributed by atoms with E-state index in [0.29, 0.717) is 10.3 Å². The summed E-state index contributed by atoms with van der Waals surface area (Å²) in [5.41, 5.74) is -0.707. The van der Waals surface area contributed by atoms with Gasteiger partial charge in [-0.1, -0.05) is 0 Å². The van der Waals surface area contributed by atoms with Gasteiger partial charge >= 0.3 is 0 Å². The second-order valence-electron chi connectivity index (χ2n) is 4.67. The molecule has 1 rings (SSSR count). The van der Waals surface area contributed by atoms with Crippen molar-refractivity contribution in [3.8, 4) is 0 Å². The number of ether oxygens (including phenoxy) is 1. The van der Waals surface area contributed by atoms with E-state index in [-0.39, 0.29) is 11.5 Å². The van der Waals surface area contributed by atoms with E-state index in [1.807, 2.05) is 0 Å². The standard InChI is InChI=1S/C11H18BrN3O3S/c1-11(2,7-18-4)15-19(16,17)9-5-8(12)6-14-10(9)13-3/h5-6,15H,7H2,1-4H3,(H,13,14). The second kappa shape index (κ2) is 6.17. The Bertz CT molecular complexity index is 546. The highest BCUT2D eigenvalue weighted by molar-refractivity contribution is 9.10. The molecule has 8 heteroatoms. The summed E-state index contributed by atoms with van der Waals surface area (Å²) in [4.78, 5) is 4.12. The maximum absolute atomic E-state index is 12.4. The number of methoxy groups -OCH3 is 1. The number of hydrogen-bond acceptors (Lipinski definition) is 5. The topological polar surface area (TPSA) is 80.3 Å². The van der Waals surface area contributed by atoms with Crippen LogP contribution < -0.4 is 10.0 Å². The lowest BCUT2D eigenvalue weighted by atomic mass is 10.1. The van der Waals surface area contributed by atoms with Crippen LogP contribution in [0.5, 0.6) is 0 Å². The Labute approximate surface area is 122 Å². The Hall–Kier alpha value is -0.700. The fraction of sp³-hybridized carbons (Fsp3) is 0.545. The van der Waals surface area contributed by atoms with Crippen LogP contribution in [-0.2, 0) is 14.8 Å². The van der Waals surface area contributed by atoms with Crippen LogP contribution in [0.15, 0.2) is 21.6 Å². The van der Waals surface area contributed by atoms with E-state index in [2.05, 4.69) is 31.0 Å². The highest BCUT2D eigenvalue weighted by Gasteiger charge is 2.28. The molecule has 0 spiro atoms. The molecule has 2 N–H and O–H groups in total. The molecule has 1 aromatic rings. The third kappa shape index (κ3) is 4.41. The molecule has 108 valence electrons. The van der Waals surface area contributed by atoms with Crippen LogP contribution in [0.2, 0.25) is 0 Å². The van der Waals surface area contributed by atoms with E-state index >= 15 is 0 Å². The second-order valence-corrected chi connectivity index (χ2v) is 7.24. The quantitative estimate of drug-likeness (QED) is 0.813. The Balaban J connectivity index is 3.17. The van der Waals surface area contributed by atoms with E-state index in [1.165, 1.54) is 19.4 Å². The first-order valence-electron chi connectivity index (χ1n) is 5.58. The molecule has 1 heterocycles. The van der Waals surface area contributed by atoms with Crippen LogP contribution >= 0.6 is 15.9 Å². The lowest BCUT2D eigenvalue weighted by Gasteiger charge is -2.25. The average Bonchev–Trinajstić information content (AvgIpc) is 2.27. The maximum atomic E-state index is 12.4. The lowest BCUT2D eigenvalue weighted by Crippen LogP contribution is -2.46. The van der Waals surface area contributed by atoms with Crippen LogP contribution in [0.1, 0.15) is 13.8 Å². The minimum absolute atomic E-state index is 0.0913. The molecular weight excluding hydrogens is 334 g/mol. The highest BCUT2D eigenvalue weighted by atomic mass is 79.9. The zero-order valence-electron chi connectivity index (χ0n) is 11.3. The monoisotopic (exact) mass is 351 g/mol. The SMILES string of the molecule is CNc1ncc(Br)cc1S(=O)(=O)NC(C)(C)COC. The van der Waals surface area contributed by atoms with Gasteiger partial charge in [-0.05, 0) is 35.8 Å². The molecule has 0 unspecified atom stereocenters. The summed E-state index contributed by atoms with van der Waals surface area (Å²) < 4.78 is 33.0. The molecule has 0 aliphatic heterocycles. The van der Waals surface area contributed by atoms with Crippen molar-refractivity contribution in [1.29, 1.82) is 0 Å². The molecule has 1 aromatic heterocycles. The number of hydrogen-bond donors (Lipinski definition) is 2. The summed E-state index contributed by atoms with van der Waals surface area (Å²) in [7, 11) is -0.546. The Morgan fingerprint density at radius 1 is 1.47 bits per heavy atom. The minimum atomic E-state index is -3.69. The van der Waals surface area contributed by atoms with Crippen LogP contribution in [0.4, 0.5) is 5.82 Å². The first-order valence-corrected chi connectivity index (χ1v) is 7.86. The van der Waals surface area contributed by atoms with Gasteiger partial charge in [0.1, 0.15) is 10.7 Å². The summed E-state index contributed by atoms with van der Waals surface area (Å²) in [6.45, 7) is 3.76. The normalized spacial score (nSPS) is 12.5. The molecule has 0 amide bonds. The number of pyridine rings is 1. The van der Waals surface area contributed by atoms with Crippen molar-refractivity contribution in [3.05, 3.63) is 16.7 Å². The number of aromatic nitrogens is 1. The highest BCUT2D eigenvalue weighted by Crippen LogP contribution is 2.23. The number of halogens is 1. The van der Waals surface area contributed by atoms with Gasteiger partial charge in [-0.25, -0.2) is 18.1 Å². The molecule has 0 aromatic carbocycles. The number of rotatable bonds is 6. The number of nitrogens with one attached hydrogen (secondary N) is 2. The fourth-order valence-corrected chi connectivity index (χ4v) is 3.69. The molecule has 19 heavy (non-hydrogen) atoms. The number of nitrogens with zero attached hydrogens (tertiary/aromatic N) is 1. The minimum Gasteiger partial charge on any atom is -0.383 e. The van der Waals surface area contributed by atoms with Crippen molar-refractivity contribution in [3.63, 3.8) is 0 Å². The van der Waals surface area contributed by atoms with E-state index < -0.39 is 15.6 Å². The van der Waals surface area contributed by atoms with Gasteiger partial charge in [0.15, 0.2) is 0 Å². The smallest absolute Gasteiger partial charge is 0.244 e. The Morgan fingerprint density at radius 2 is 2.11 bits per heavy atom. The molecule has 0 atom stereocenters. The Kier molecular flexibility index (Phi) is 5.31. The first-order chi connectivity index (χ1) is 8.72. The fourth-order valence-electron chi connectivity index (χ4n) is 1.62. The van der Waals surface area contributed by atoms with Gasteiger partial charge in [-0.3, -0.25) is 0 Å². The van der Waals surface area contributed by atoms with Crippen LogP contribution in [-0.4, -0.2) is 39.7 Å². The molecule has 0 saturated carbocycles. The van der Waals surface area contributed by atoms with E-state index in [9.17, 15) is 8.42 Å². The van der Waals surface area contributed by atoms with Crippen molar-refractivity contribution in [2.24, 2.45) is 0 Å². The van der Waals surface area contributed by atoms with Gasteiger partial charge in [0.2, 0.25) is 10.0 Å². The number of sulfonamides is 1. The molecule has 0 bridgehead atoms. The average molecular weight is 352 g/mol. The lowest BCUT2D eigenvalue weighted by molar-refractivity contribution is 0.141. The van der Waals surface area contributed by atoms with Gasteiger partial charge in [-0.15, -0.1) is 0 Å². The van der Waals surface area contributed by atoms with Crippen LogP contribution in [0, 0.1) is 0 Å². The van der Waals surface area contributed by atoms with Crippen molar-refractivity contribution in [2.45, 2.75) is 24.3 Å². The van der Waals surface area contributed by atoms with Gasteiger partial charge in [0.25, 0.3) is 0 Å². The zero-order chi connectivity index (χ0) is 14.7. The summed E-state index contributed by atoms with van der Waals surface area (Å²) in [6, 6.07) is 1.50. The maximum Gasteiger partial charge on any atom is 0.244 e. The van der Waals surface area contributed by atoms with Crippen molar-refractivity contribution in [1.82, 2.24) is 9.71 Å². The third-order valence-electron chi connectivity index (χ3n) is 2.26. The molecule has 0 radical (unpaired) electrons.